The molecular weight excluding hydrogens is 586 g/mol. The number of aromatic hydroxyl groups is 1. The van der Waals surface area contributed by atoms with E-state index in [1.165, 1.54) is 37.1 Å². The van der Waals surface area contributed by atoms with Crippen LogP contribution in [0.15, 0.2) is 108 Å². The number of rotatable bonds is 11. The third-order valence-electron chi connectivity index (χ3n) is 6.19. The van der Waals surface area contributed by atoms with Gasteiger partial charge in [0, 0.05) is 38.5 Å². The highest BCUT2D eigenvalue weighted by atomic mass is 35.5. The molecule has 10 heteroatoms. The van der Waals surface area contributed by atoms with Crippen molar-refractivity contribution in [2.24, 2.45) is 0 Å². The number of phenols is 1. The Balaban J connectivity index is 1.53. The van der Waals surface area contributed by atoms with Gasteiger partial charge in [0.2, 0.25) is 5.91 Å². The molecular formula is C33H30ClN3O5S. The summed E-state index contributed by atoms with van der Waals surface area (Å²) in [5.74, 6) is -0.883. The summed E-state index contributed by atoms with van der Waals surface area (Å²) < 4.78 is 5.35. The van der Waals surface area contributed by atoms with E-state index in [0.29, 0.717) is 39.7 Å². The van der Waals surface area contributed by atoms with Crippen LogP contribution in [0.5, 0.6) is 11.5 Å². The van der Waals surface area contributed by atoms with Crippen LogP contribution in [0.2, 0.25) is 5.02 Å². The summed E-state index contributed by atoms with van der Waals surface area (Å²) in [6, 6.07) is 27.0. The summed E-state index contributed by atoms with van der Waals surface area (Å²) in [7, 11) is 1.44. The Bertz CT molecular complexity index is 1630. The third kappa shape index (κ3) is 8.88. The van der Waals surface area contributed by atoms with Gasteiger partial charge in [0.25, 0.3) is 11.8 Å². The number of anilines is 2. The quantitative estimate of drug-likeness (QED) is 0.107. The van der Waals surface area contributed by atoms with Crippen molar-refractivity contribution >= 4 is 58.5 Å². The van der Waals surface area contributed by atoms with Crippen LogP contribution < -0.4 is 20.7 Å². The number of benzene rings is 4. The van der Waals surface area contributed by atoms with Gasteiger partial charge in [-0.2, -0.15) is 0 Å². The predicted octanol–water partition coefficient (Wildman–Crippen LogP) is 6.97. The zero-order valence-electron chi connectivity index (χ0n) is 23.5. The van der Waals surface area contributed by atoms with E-state index in [4.69, 9.17) is 16.3 Å². The summed E-state index contributed by atoms with van der Waals surface area (Å²) >= 11 is 7.31. The predicted molar refractivity (Wildman–Crippen MR) is 172 cm³/mol. The number of hydrogen-bond acceptors (Lipinski definition) is 6. The van der Waals surface area contributed by atoms with Crippen LogP contribution in [0.25, 0.3) is 6.08 Å². The van der Waals surface area contributed by atoms with E-state index in [1.807, 2.05) is 13.0 Å². The van der Waals surface area contributed by atoms with Crippen LogP contribution in [0.1, 0.15) is 29.3 Å². The standard InChI is InChI=1S/C33H30ClN3O5S/c1-3-30(33(41)35-24-15-13-23(34)14-16-24)43-27-11-7-10-25(19-27)36-32(40)28(37-31(39)21-8-5-4-6-9-21)18-22-12-17-26(38)20-29(22)42-2/h4-20,30,38H,3H2,1-2H3,(H,35,41)(H,36,40)(H,37,39)/b28-18+. The molecule has 0 radical (unpaired) electrons. The molecule has 0 spiro atoms. The maximum atomic E-state index is 13.5. The molecule has 3 amide bonds. The van der Waals surface area contributed by atoms with E-state index >= 15 is 0 Å². The van der Waals surface area contributed by atoms with Crippen molar-refractivity contribution < 1.29 is 24.2 Å². The molecule has 0 aromatic heterocycles. The van der Waals surface area contributed by atoms with Gasteiger partial charge in [-0.15, -0.1) is 11.8 Å². The number of halogens is 1. The van der Waals surface area contributed by atoms with Gasteiger partial charge in [0.15, 0.2) is 0 Å². The van der Waals surface area contributed by atoms with Crippen molar-refractivity contribution in [1.29, 1.82) is 0 Å². The first-order chi connectivity index (χ1) is 20.7. The Morgan fingerprint density at radius 2 is 1.65 bits per heavy atom. The Hall–Kier alpha value is -4.73. The van der Waals surface area contributed by atoms with E-state index in [1.54, 1.807) is 78.9 Å². The Morgan fingerprint density at radius 3 is 2.35 bits per heavy atom. The van der Waals surface area contributed by atoms with Crippen molar-refractivity contribution in [1.82, 2.24) is 5.32 Å². The van der Waals surface area contributed by atoms with E-state index in [-0.39, 0.29) is 22.6 Å². The number of thioether (sulfide) groups is 1. The lowest BCUT2D eigenvalue weighted by molar-refractivity contribution is -0.116. The molecule has 4 aromatic carbocycles. The van der Waals surface area contributed by atoms with Crippen molar-refractivity contribution in [3.63, 3.8) is 0 Å². The molecule has 1 atom stereocenters. The average Bonchev–Trinajstić information content (AvgIpc) is 3.01. The van der Waals surface area contributed by atoms with Gasteiger partial charge in [-0.3, -0.25) is 14.4 Å². The molecule has 0 saturated carbocycles. The number of hydrogen-bond donors (Lipinski definition) is 4. The van der Waals surface area contributed by atoms with Gasteiger partial charge in [0.05, 0.1) is 12.4 Å². The molecule has 0 aliphatic rings. The fourth-order valence-corrected chi connectivity index (χ4v) is 5.14. The molecule has 0 bridgehead atoms. The lowest BCUT2D eigenvalue weighted by Crippen LogP contribution is -2.30. The van der Waals surface area contributed by atoms with Gasteiger partial charge in [0.1, 0.15) is 17.2 Å². The van der Waals surface area contributed by atoms with Crippen molar-refractivity contribution in [3.05, 3.63) is 119 Å². The molecule has 0 saturated heterocycles. The number of methoxy groups -OCH3 is 1. The van der Waals surface area contributed by atoms with E-state index in [2.05, 4.69) is 16.0 Å². The SMILES string of the molecule is CCC(Sc1cccc(NC(=O)/C(=C\c2ccc(O)cc2OC)NC(=O)c2ccccc2)c1)C(=O)Nc1ccc(Cl)cc1. The monoisotopic (exact) mass is 615 g/mol. The minimum absolute atomic E-state index is 0.00475. The summed E-state index contributed by atoms with van der Waals surface area (Å²) in [6.45, 7) is 1.93. The molecule has 0 heterocycles. The minimum atomic E-state index is -0.575. The molecule has 4 aromatic rings. The van der Waals surface area contributed by atoms with Gasteiger partial charge in [-0.25, -0.2) is 0 Å². The molecule has 8 nitrogen and oxygen atoms in total. The molecule has 0 fully saturated rings. The normalized spacial score (nSPS) is 11.7. The van der Waals surface area contributed by atoms with Crippen LogP contribution in [-0.4, -0.2) is 35.2 Å². The molecule has 0 aliphatic carbocycles. The Kier molecular flexibility index (Phi) is 10.9. The van der Waals surface area contributed by atoms with Crippen LogP contribution in [0.3, 0.4) is 0 Å². The van der Waals surface area contributed by atoms with Gasteiger partial charge in [-0.1, -0.05) is 42.8 Å². The van der Waals surface area contributed by atoms with Gasteiger partial charge >= 0.3 is 0 Å². The fourth-order valence-electron chi connectivity index (χ4n) is 4.01. The largest absolute Gasteiger partial charge is 0.508 e. The highest BCUT2D eigenvalue weighted by Crippen LogP contribution is 2.30. The topological polar surface area (TPSA) is 117 Å². The number of nitrogens with one attached hydrogen (secondary N) is 3. The van der Waals surface area contributed by atoms with Crippen molar-refractivity contribution in [2.45, 2.75) is 23.5 Å². The lowest BCUT2D eigenvalue weighted by Gasteiger charge is -2.16. The summed E-state index contributed by atoms with van der Waals surface area (Å²) in [6.07, 6.45) is 2.05. The highest BCUT2D eigenvalue weighted by Gasteiger charge is 2.20. The first kappa shape index (κ1) is 31.2. The number of carbonyl (C=O) groups excluding carboxylic acids is 3. The minimum Gasteiger partial charge on any atom is -0.508 e. The van der Waals surface area contributed by atoms with Crippen LogP contribution >= 0.6 is 23.4 Å². The average molecular weight is 616 g/mol. The fraction of sp³-hybridized carbons (Fsp3) is 0.121. The highest BCUT2D eigenvalue weighted by molar-refractivity contribution is 8.00. The zero-order chi connectivity index (χ0) is 30.8. The van der Waals surface area contributed by atoms with Gasteiger partial charge in [-0.05, 0) is 79.2 Å². The maximum absolute atomic E-state index is 13.5. The molecule has 220 valence electrons. The Labute approximate surface area is 259 Å². The second kappa shape index (κ2) is 14.9. The molecule has 4 rings (SSSR count). The first-order valence-corrected chi connectivity index (χ1v) is 14.6. The number of carbonyl (C=O) groups is 3. The number of amides is 3. The maximum Gasteiger partial charge on any atom is 0.272 e. The molecule has 1 unspecified atom stereocenters. The smallest absolute Gasteiger partial charge is 0.272 e. The second-order valence-electron chi connectivity index (χ2n) is 9.30. The van der Waals surface area contributed by atoms with Crippen LogP contribution in [0.4, 0.5) is 11.4 Å². The van der Waals surface area contributed by atoms with Crippen molar-refractivity contribution in [3.8, 4) is 11.5 Å². The number of phenolic OH excluding ortho intramolecular Hbond substituents is 1. The zero-order valence-corrected chi connectivity index (χ0v) is 25.0. The molecule has 0 aliphatic heterocycles. The second-order valence-corrected chi connectivity index (χ2v) is 11.0. The van der Waals surface area contributed by atoms with E-state index in [9.17, 15) is 19.5 Å². The van der Waals surface area contributed by atoms with E-state index < -0.39 is 11.8 Å². The Morgan fingerprint density at radius 1 is 0.907 bits per heavy atom. The first-order valence-electron chi connectivity index (χ1n) is 13.3. The molecule has 43 heavy (non-hydrogen) atoms. The number of ether oxygens (including phenoxy) is 1. The van der Waals surface area contributed by atoms with Gasteiger partial charge < -0.3 is 25.8 Å². The van der Waals surface area contributed by atoms with E-state index in [0.717, 1.165) is 4.90 Å². The van der Waals surface area contributed by atoms with Crippen LogP contribution in [-0.2, 0) is 9.59 Å². The summed E-state index contributed by atoms with van der Waals surface area (Å²) in [4.78, 5) is 40.2. The van der Waals surface area contributed by atoms with Crippen molar-refractivity contribution in [2.75, 3.05) is 17.7 Å². The summed E-state index contributed by atoms with van der Waals surface area (Å²) in [5.41, 5.74) is 1.93. The van der Waals surface area contributed by atoms with Crippen LogP contribution in [0, 0.1) is 0 Å². The third-order valence-corrected chi connectivity index (χ3v) is 7.80. The lowest BCUT2D eigenvalue weighted by atomic mass is 10.1. The summed E-state index contributed by atoms with van der Waals surface area (Å²) in [5, 5.41) is 18.5. The molecule has 4 N–H and O–H groups in total.